The fraction of sp³-hybridized carbons (Fsp3) is 0.238. The largest absolute Gasteiger partial charge is 0.508 e. The van der Waals surface area contributed by atoms with Crippen molar-refractivity contribution in [1.82, 2.24) is 4.98 Å². The number of rotatable bonds is 4. The Morgan fingerprint density at radius 1 is 1.19 bits per heavy atom. The number of unbranched alkanes of at least 4 members (excludes halogenated alkanes) is 1. The van der Waals surface area contributed by atoms with Crippen molar-refractivity contribution in [2.24, 2.45) is 0 Å². The van der Waals surface area contributed by atoms with E-state index in [0.717, 1.165) is 36.1 Å². The summed E-state index contributed by atoms with van der Waals surface area (Å²) >= 11 is 0. The summed E-state index contributed by atoms with van der Waals surface area (Å²) in [6, 6.07) is 15.4. The fourth-order valence-electron chi connectivity index (χ4n) is 3.48. The van der Waals surface area contributed by atoms with Gasteiger partial charge >= 0.3 is 5.88 Å². The van der Waals surface area contributed by atoms with Crippen LogP contribution in [0.4, 0.5) is 5.82 Å². The van der Waals surface area contributed by atoms with Gasteiger partial charge in [0, 0.05) is 11.6 Å². The number of phenols is 1. The molecule has 0 fully saturated rings. The van der Waals surface area contributed by atoms with Gasteiger partial charge in [0.15, 0.2) is 0 Å². The van der Waals surface area contributed by atoms with Crippen LogP contribution in [0.5, 0.6) is 17.4 Å². The molecule has 1 aromatic heterocycles. The van der Waals surface area contributed by atoms with Crippen molar-refractivity contribution in [3.63, 3.8) is 0 Å². The molecule has 0 unspecified atom stereocenters. The maximum Gasteiger partial charge on any atom is 0.306 e. The van der Waals surface area contributed by atoms with Gasteiger partial charge in [-0.2, -0.15) is 0 Å². The molecule has 5 heteroatoms. The minimum absolute atomic E-state index is 0.0860. The van der Waals surface area contributed by atoms with Crippen molar-refractivity contribution in [3.05, 3.63) is 71.5 Å². The third kappa shape index (κ3) is 2.75. The number of fused-ring (bicyclic) bond motifs is 2. The first-order valence-electron chi connectivity index (χ1n) is 8.92. The summed E-state index contributed by atoms with van der Waals surface area (Å²) < 4.78 is 7.98. The number of benzene rings is 2. The zero-order chi connectivity index (χ0) is 18.1. The molecule has 2 heterocycles. The van der Waals surface area contributed by atoms with Gasteiger partial charge in [0.25, 0.3) is 0 Å². The van der Waals surface area contributed by atoms with E-state index < -0.39 is 0 Å². The number of nitrogens with zero attached hydrogens (tertiary/aromatic N) is 2. The summed E-state index contributed by atoms with van der Waals surface area (Å²) in [6.07, 6.45) is 3.86. The molecule has 5 nitrogen and oxygen atoms in total. The van der Waals surface area contributed by atoms with Gasteiger partial charge in [-0.25, -0.2) is 4.57 Å². The molecular formula is C21H22N3O2+. The number of ether oxygens (including phenoxy) is 1. The summed E-state index contributed by atoms with van der Waals surface area (Å²) in [6.45, 7) is 2.98. The highest BCUT2D eigenvalue weighted by Crippen LogP contribution is 2.48. The van der Waals surface area contributed by atoms with Crippen molar-refractivity contribution in [1.29, 1.82) is 0 Å². The van der Waals surface area contributed by atoms with Gasteiger partial charge in [-0.15, -0.1) is 0 Å². The van der Waals surface area contributed by atoms with Gasteiger partial charge in [-0.05, 0) is 18.1 Å². The molecule has 3 N–H and O–H groups in total. The summed E-state index contributed by atoms with van der Waals surface area (Å²) in [7, 11) is 0. The first kappa shape index (κ1) is 16.4. The van der Waals surface area contributed by atoms with E-state index in [4.69, 9.17) is 10.5 Å². The Morgan fingerprint density at radius 2 is 2.00 bits per heavy atom. The molecular weight excluding hydrogens is 326 g/mol. The SMILES string of the molecule is CCCC[n+]1cnc2c(c1N)[C@H](c1ccccc1)c1ccc(O)cc1O2. The van der Waals surface area contributed by atoms with Crippen molar-refractivity contribution in [3.8, 4) is 17.4 Å². The second kappa shape index (κ2) is 6.67. The van der Waals surface area contributed by atoms with E-state index in [0.29, 0.717) is 17.4 Å². The Labute approximate surface area is 152 Å². The van der Waals surface area contributed by atoms with Crippen LogP contribution in [0, 0.1) is 0 Å². The van der Waals surface area contributed by atoms with Crippen molar-refractivity contribution < 1.29 is 14.4 Å². The number of nitrogen functional groups attached to an aromatic ring is 1. The molecule has 26 heavy (non-hydrogen) atoms. The van der Waals surface area contributed by atoms with Crippen LogP contribution >= 0.6 is 0 Å². The van der Waals surface area contributed by atoms with Gasteiger partial charge in [-0.1, -0.05) is 54.7 Å². The monoisotopic (exact) mass is 348 g/mol. The Bertz CT molecular complexity index is 941. The van der Waals surface area contributed by atoms with Crippen LogP contribution < -0.4 is 15.0 Å². The van der Waals surface area contributed by atoms with Crippen molar-refractivity contribution >= 4 is 5.82 Å². The van der Waals surface area contributed by atoms with E-state index in [1.54, 1.807) is 18.5 Å². The molecule has 0 radical (unpaired) electrons. The lowest BCUT2D eigenvalue weighted by molar-refractivity contribution is -0.686. The summed E-state index contributed by atoms with van der Waals surface area (Å²) in [4.78, 5) is 4.52. The fourth-order valence-corrected chi connectivity index (χ4v) is 3.48. The zero-order valence-electron chi connectivity index (χ0n) is 14.7. The van der Waals surface area contributed by atoms with E-state index in [2.05, 4.69) is 24.0 Å². The molecule has 3 aromatic rings. The average Bonchev–Trinajstić information content (AvgIpc) is 2.66. The molecule has 0 saturated carbocycles. The molecule has 2 aromatic carbocycles. The molecule has 1 atom stereocenters. The summed E-state index contributed by atoms with van der Waals surface area (Å²) in [5.41, 5.74) is 9.53. The van der Waals surface area contributed by atoms with E-state index >= 15 is 0 Å². The zero-order valence-corrected chi connectivity index (χ0v) is 14.7. The van der Waals surface area contributed by atoms with Gasteiger partial charge < -0.3 is 15.6 Å². The molecule has 0 saturated heterocycles. The van der Waals surface area contributed by atoms with E-state index in [1.165, 1.54) is 0 Å². The lowest BCUT2D eigenvalue weighted by atomic mass is 9.83. The van der Waals surface area contributed by atoms with Crippen LogP contribution in [0.1, 0.15) is 42.4 Å². The number of hydrogen-bond acceptors (Lipinski definition) is 4. The Hall–Kier alpha value is -3.08. The van der Waals surface area contributed by atoms with Gasteiger partial charge in [0.05, 0.1) is 12.5 Å². The van der Waals surface area contributed by atoms with E-state index in [9.17, 15) is 5.11 Å². The van der Waals surface area contributed by atoms with Crippen LogP contribution in [0.3, 0.4) is 0 Å². The number of phenolic OH excluding ortho intramolecular Hbond substituents is 1. The van der Waals surface area contributed by atoms with Gasteiger partial charge in [0.2, 0.25) is 12.1 Å². The molecule has 0 spiro atoms. The predicted octanol–water partition coefficient (Wildman–Crippen LogP) is 3.74. The number of anilines is 1. The topological polar surface area (TPSA) is 72.2 Å². The van der Waals surface area contributed by atoms with Crippen LogP contribution in [-0.4, -0.2) is 10.1 Å². The second-order valence-electron chi connectivity index (χ2n) is 6.56. The first-order chi connectivity index (χ1) is 12.7. The second-order valence-corrected chi connectivity index (χ2v) is 6.56. The number of aryl methyl sites for hydroxylation is 1. The molecule has 132 valence electrons. The minimum Gasteiger partial charge on any atom is -0.508 e. The first-order valence-corrected chi connectivity index (χ1v) is 8.92. The number of nitrogens with two attached hydrogens (primary N) is 1. The normalized spacial score (nSPS) is 15.0. The summed E-state index contributed by atoms with van der Waals surface area (Å²) in [5.74, 6) is 1.88. The van der Waals surface area contributed by atoms with E-state index in [1.807, 2.05) is 28.8 Å². The Morgan fingerprint density at radius 3 is 2.77 bits per heavy atom. The lowest BCUT2D eigenvalue weighted by Crippen LogP contribution is -2.39. The maximum absolute atomic E-state index is 9.86. The van der Waals surface area contributed by atoms with Gasteiger partial charge in [-0.3, -0.25) is 0 Å². The molecule has 0 amide bonds. The average molecular weight is 348 g/mol. The van der Waals surface area contributed by atoms with Crippen LogP contribution in [0.15, 0.2) is 54.9 Å². The lowest BCUT2D eigenvalue weighted by Gasteiger charge is -2.27. The predicted molar refractivity (Wildman–Crippen MR) is 99.3 cm³/mol. The maximum atomic E-state index is 9.86. The van der Waals surface area contributed by atoms with E-state index in [-0.39, 0.29) is 11.7 Å². The Balaban J connectivity index is 1.92. The molecule has 4 rings (SSSR count). The van der Waals surface area contributed by atoms with Crippen molar-refractivity contribution in [2.75, 3.05) is 5.73 Å². The molecule has 1 aliphatic heterocycles. The number of aromatic nitrogens is 2. The highest BCUT2D eigenvalue weighted by molar-refractivity contribution is 5.62. The Kier molecular flexibility index (Phi) is 4.21. The minimum atomic E-state index is -0.0860. The highest BCUT2D eigenvalue weighted by Gasteiger charge is 2.36. The smallest absolute Gasteiger partial charge is 0.306 e. The summed E-state index contributed by atoms with van der Waals surface area (Å²) in [5, 5.41) is 9.86. The quantitative estimate of drug-likeness (QED) is 0.551. The highest BCUT2D eigenvalue weighted by atomic mass is 16.5. The molecule has 1 aliphatic rings. The third-order valence-corrected chi connectivity index (χ3v) is 4.82. The standard InChI is InChI=1S/C21H21N3O2/c1-2-3-11-24-13-23-21-19(20(24)22)18(14-7-5-4-6-8-14)16-10-9-15(25)12-17(16)26-21/h4-10,12-13,18,22,25H,2-3,11H2,1H3/p+1/t18-/m1/s1. The van der Waals surface area contributed by atoms with Crippen LogP contribution in [0.25, 0.3) is 0 Å². The number of aromatic hydroxyl groups is 1. The molecule has 0 aliphatic carbocycles. The van der Waals surface area contributed by atoms with Crippen molar-refractivity contribution in [2.45, 2.75) is 32.2 Å². The molecule has 0 bridgehead atoms. The number of hydrogen-bond donors (Lipinski definition) is 2. The van der Waals surface area contributed by atoms with Crippen LogP contribution in [-0.2, 0) is 6.54 Å². The van der Waals surface area contributed by atoms with Crippen LogP contribution in [0.2, 0.25) is 0 Å². The third-order valence-electron chi connectivity index (χ3n) is 4.82. The van der Waals surface area contributed by atoms with Gasteiger partial charge in [0.1, 0.15) is 17.1 Å².